The molecule has 0 unspecified atom stereocenters. The van der Waals surface area contributed by atoms with E-state index in [4.69, 9.17) is 4.74 Å². The van der Waals surface area contributed by atoms with Gasteiger partial charge in [-0.1, -0.05) is 78.8 Å². The molecule has 9 nitrogen and oxygen atoms in total. The van der Waals surface area contributed by atoms with Crippen LogP contribution in [-0.2, 0) is 24.5 Å². The molecule has 1 aliphatic rings. The summed E-state index contributed by atoms with van der Waals surface area (Å²) in [5.41, 5.74) is 0.769. The number of nitrogens with zero attached hydrogens (tertiary/aromatic N) is 3. The predicted octanol–water partition coefficient (Wildman–Crippen LogP) is 3.53. The highest BCUT2D eigenvalue weighted by Crippen LogP contribution is 2.28. The Kier molecular flexibility index (Phi) is 13.7. The van der Waals surface area contributed by atoms with E-state index in [0.717, 1.165) is 12.8 Å². The molecule has 1 aromatic rings. The molecule has 0 saturated carbocycles. The van der Waals surface area contributed by atoms with Gasteiger partial charge < -0.3 is 25.2 Å². The highest BCUT2D eigenvalue weighted by Gasteiger charge is 2.39. The molecule has 0 bridgehead atoms. The van der Waals surface area contributed by atoms with Gasteiger partial charge in [0.15, 0.2) is 0 Å². The van der Waals surface area contributed by atoms with Crippen LogP contribution in [0.25, 0.3) is 0 Å². The van der Waals surface area contributed by atoms with Crippen LogP contribution in [0.4, 0.5) is 0 Å². The standard InChI is InChI=1S/C34H59N5O4/c1-24(2)27(22-37(9)23-29(40)39-20-16-15-19-26(39)32(42)43-11)38(10)31(41)30(33(3,4)5)36-21-28(35-8)34(6,7)25-17-13-12-14-18-25/h12-14,17-18,24,26-28,30,35-36H,15-16,19-23H2,1-11H3/t26-,27+,28+,30+/m0/s1. The summed E-state index contributed by atoms with van der Waals surface area (Å²) in [5.74, 6) is -0.219. The van der Waals surface area contributed by atoms with Crippen molar-refractivity contribution in [2.75, 3.05) is 54.4 Å². The van der Waals surface area contributed by atoms with E-state index in [2.05, 4.69) is 83.4 Å². The molecule has 244 valence electrons. The number of carbonyl (C=O) groups excluding carboxylic acids is 3. The number of ether oxygens (including phenoxy) is 1. The van der Waals surface area contributed by atoms with Gasteiger partial charge in [-0.2, -0.15) is 0 Å². The third-order valence-electron chi connectivity index (χ3n) is 9.19. The third-order valence-corrected chi connectivity index (χ3v) is 9.19. The van der Waals surface area contributed by atoms with Crippen LogP contribution < -0.4 is 10.6 Å². The molecule has 9 heteroatoms. The topological polar surface area (TPSA) is 94.2 Å². The Hall–Kier alpha value is -2.49. The molecule has 43 heavy (non-hydrogen) atoms. The van der Waals surface area contributed by atoms with Crippen molar-refractivity contribution < 1.29 is 19.1 Å². The highest BCUT2D eigenvalue weighted by molar-refractivity contribution is 5.86. The van der Waals surface area contributed by atoms with Crippen molar-refractivity contribution in [3.63, 3.8) is 0 Å². The number of carbonyl (C=O) groups is 3. The van der Waals surface area contributed by atoms with Crippen LogP contribution in [0.15, 0.2) is 30.3 Å². The van der Waals surface area contributed by atoms with E-state index < -0.39 is 12.1 Å². The van der Waals surface area contributed by atoms with Crippen LogP contribution >= 0.6 is 0 Å². The molecule has 1 saturated heterocycles. The Morgan fingerprint density at radius 3 is 2.21 bits per heavy atom. The van der Waals surface area contributed by atoms with Crippen molar-refractivity contribution in [3.05, 3.63) is 35.9 Å². The number of likely N-dealkylation sites (N-methyl/N-ethyl adjacent to an activating group) is 3. The maximum atomic E-state index is 14.2. The lowest BCUT2D eigenvalue weighted by molar-refractivity contribution is -0.155. The van der Waals surface area contributed by atoms with Gasteiger partial charge in [0.05, 0.1) is 19.7 Å². The molecule has 2 N–H and O–H groups in total. The van der Waals surface area contributed by atoms with E-state index in [1.165, 1.54) is 12.7 Å². The normalized spacial score (nSPS) is 18.3. The fraction of sp³-hybridized carbons (Fsp3) is 0.735. The zero-order valence-corrected chi connectivity index (χ0v) is 28.7. The van der Waals surface area contributed by atoms with Crippen molar-refractivity contribution in [2.45, 2.75) is 97.3 Å². The van der Waals surface area contributed by atoms with Gasteiger partial charge in [-0.25, -0.2) is 4.79 Å². The van der Waals surface area contributed by atoms with Crippen LogP contribution in [-0.4, -0.2) is 111 Å². The van der Waals surface area contributed by atoms with E-state index in [-0.39, 0.29) is 53.2 Å². The average molecular weight is 602 g/mol. The first kappa shape index (κ1) is 36.7. The maximum Gasteiger partial charge on any atom is 0.328 e. The third kappa shape index (κ3) is 9.75. The maximum absolute atomic E-state index is 14.2. The Morgan fingerprint density at radius 2 is 1.67 bits per heavy atom. The lowest BCUT2D eigenvalue weighted by Gasteiger charge is -2.41. The van der Waals surface area contributed by atoms with Crippen molar-refractivity contribution in [1.29, 1.82) is 0 Å². The summed E-state index contributed by atoms with van der Waals surface area (Å²) in [6, 6.07) is 9.54. The van der Waals surface area contributed by atoms with Crippen molar-refractivity contribution >= 4 is 17.8 Å². The minimum atomic E-state index is -0.517. The minimum Gasteiger partial charge on any atom is -0.467 e. The van der Waals surface area contributed by atoms with Crippen LogP contribution in [0.2, 0.25) is 0 Å². The average Bonchev–Trinajstić information content (AvgIpc) is 2.96. The number of likely N-dealkylation sites (tertiary alicyclic amines) is 1. The summed E-state index contributed by atoms with van der Waals surface area (Å²) < 4.78 is 4.96. The van der Waals surface area contributed by atoms with Gasteiger partial charge in [0.1, 0.15) is 6.04 Å². The van der Waals surface area contributed by atoms with Crippen LogP contribution in [0.5, 0.6) is 0 Å². The lowest BCUT2D eigenvalue weighted by Crippen LogP contribution is -2.60. The van der Waals surface area contributed by atoms with Gasteiger partial charge in [0, 0.05) is 44.2 Å². The summed E-state index contributed by atoms with van der Waals surface area (Å²) in [5, 5.41) is 7.12. The number of esters is 1. The van der Waals surface area contributed by atoms with Gasteiger partial charge in [-0.15, -0.1) is 0 Å². The van der Waals surface area contributed by atoms with E-state index in [0.29, 0.717) is 26.1 Å². The SMILES string of the molecule is CN[C@H](CN[C@H](C(=O)N(C)[C@H](CN(C)CC(=O)N1CCCC[C@H]1C(=O)OC)C(C)C)C(C)(C)C)C(C)(C)c1ccccc1. The van der Waals surface area contributed by atoms with Gasteiger partial charge in [-0.3, -0.25) is 14.5 Å². The molecule has 4 atom stereocenters. The number of piperidine rings is 1. The first-order valence-electron chi connectivity index (χ1n) is 15.8. The fourth-order valence-electron chi connectivity index (χ4n) is 6.25. The quantitative estimate of drug-likeness (QED) is 0.315. The monoisotopic (exact) mass is 601 g/mol. The summed E-state index contributed by atoms with van der Waals surface area (Å²) in [6.45, 7) is 16.9. The van der Waals surface area contributed by atoms with Gasteiger partial charge in [0.25, 0.3) is 0 Å². The number of rotatable bonds is 14. The lowest BCUT2D eigenvalue weighted by atomic mass is 9.77. The predicted molar refractivity (Wildman–Crippen MR) is 174 cm³/mol. The van der Waals surface area contributed by atoms with Gasteiger partial charge >= 0.3 is 5.97 Å². The molecule has 1 heterocycles. The Balaban J connectivity index is 2.14. The molecular formula is C34H59N5O4. The van der Waals surface area contributed by atoms with Crippen molar-refractivity contribution in [1.82, 2.24) is 25.3 Å². The number of hydrogen-bond donors (Lipinski definition) is 2. The number of hydrogen-bond acceptors (Lipinski definition) is 7. The smallest absolute Gasteiger partial charge is 0.328 e. The van der Waals surface area contributed by atoms with Crippen molar-refractivity contribution in [2.24, 2.45) is 11.3 Å². The summed E-state index contributed by atoms with van der Waals surface area (Å²) in [4.78, 5) is 45.2. The van der Waals surface area contributed by atoms with E-state index in [1.54, 1.807) is 4.90 Å². The second kappa shape index (κ2) is 16.0. The summed E-state index contributed by atoms with van der Waals surface area (Å²) in [6.07, 6.45) is 2.42. The largest absolute Gasteiger partial charge is 0.467 e. The first-order valence-corrected chi connectivity index (χ1v) is 15.8. The molecule has 0 spiro atoms. The van der Waals surface area contributed by atoms with E-state index >= 15 is 0 Å². The molecule has 0 aromatic heterocycles. The Bertz CT molecular complexity index is 1040. The van der Waals surface area contributed by atoms with Crippen molar-refractivity contribution in [3.8, 4) is 0 Å². The molecule has 1 aliphatic heterocycles. The number of amides is 2. The van der Waals surface area contributed by atoms with Crippen LogP contribution in [0.1, 0.15) is 73.3 Å². The second-order valence-corrected chi connectivity index (χ2v) is 14.2. The first-order chi connectivity index (χ1) is 20.1. The summed E-state index contributed by atoms with van der Waals surface area (Å²) >= 11 is 0. The molecule has 1 fully saturated rings. The Morgan fingerprint density at radius 1 is 1.05 bits per heavy atom. The molecule has 0 aliphatic carbocycles. The second-order valence-electron chi connectivity index (χ2n) is 14.2. The number of benzene rings is 1. The highest BCUT2D eigenvalue weighted by atomic mass is 16.5. The summed E-state index contributed by atoms with van der Waals surface area (Å²) in [7, 11) is 7.13. The minimum absolute atomic E-state index is 0.0417. The molecule has 2 rings (SSSR count). The Labute approximate surface area is 261 Å². The number of methoxy groups -OCH3 is 1. The molecule has 2 amide bonds. The molecule has 1 aromatic carbocycles. The van der Waals surface area contributed by atoms with Gasteiger partial charge in [0.2, 0.25) is 11.8 Å². The number of nitrogens with one attached hydrogen (secondary N) is 2. The molecular weight excluding hydrogens is 542 g/mol. The fourth-order valence-corrected chi connectivity index (χ4v) is 6.25. The van der Waals surface area contributed by atoms with E-state index in [1.807, 2.05) is 37.0 Å². The van der Waals surface area contributed by atoms with Crippen LogP contribution in [0.3, 0.4) is 0 Å². The van der Waals surface area contributed by atoms with Gasteiger partial charge in [-0.05, 0) is 50.3 Å². The van der Waals surface area contributed by atoms with Crippen LogP contribution in [0, 0.1) is 11.3 Å². The van der Waals surface area contributed by atoms with E-state index in [9.17, 15) is 14.4 Å². The molecule has 0 radical (unpaired) electrons. The zero-order valence-electron chi connectivity index (χ0n) is 28.7. The zero-order chi connectivity index (χ0) is 32.5.